The Kier molecular flexibility index (Phi) is 7.98. The van der Waals surface area contributed by atoms with Gasteiger partial charge in [0, 0.05) is 18.8 Å². The number of aromatic nitrogens is 4. The normalized spacial score (nSPS) is 10.9. The maximum atomic E-state index is 12.7. The van der Waals surface area contributed by atoms with Crippen molar-refractivity contribution >= 4 is 51.0 Å². The predicted octanol–water partition coefficient (Wildman–Crippen LogP) is 5.46. The van der Waals surface area contributed by atoms with Crippen molar-refractivity contribution in [3.05, 3.63) is 85.7 Å². The van der Waals surface area contributed by atoms with E-state index in [1.165, 1.54) is 16.5 Å². The first-order valence-electron chi connectivity index (χ1n) is 10.3. The van der Waals surface area contributed by atoms with E-state index in [1.54, 1.807) is 40.2 Å². The molecule has 6 nitrogen and oxygen atoms in total. The zero-order chi connectivity index (χ0) is 23.0. The van der Waals surface area contributed by atoms with Crippen molar-refractivity contribution in [1.82, 2.24) is 24.6 Å². The first kappa shape index (κ1) is 23.3. The highest BCUT2D eigenvalue weighted by atomic mass is 32.2. The summed E-state index contributed by atoms with van der Waals surface area (Å²) in [6.45, 7) is 8.44. The summed E-state index contributed by atoms with van der Waals surface area (Å²) in [6.07, 6.45) is 3.44. The minimum atomic E-state index is 0.00723. The molecule has 0 atom stereocenters. The standard InChI is InChI=1S/C24H23N5OS3/c1-3-14-28(15-4-2)22(30)17-31-23-27-26-21(29(23)18-10-6-5-7-11-18)16-32-24-25-19-12-8-9-13-20(19)33-24/h3-13H,1-2,14-17H2. The van der Waals surface area contributed by atoms with E-state index in [4.69, 9.17) is 4.98 Å². The number of hydrogen-bond acceptors (Lipinski definition) is 7. The number of para-hydroxylation sites is 2. The number of thioether (sulfide) groups is 2. The molecule has 0 aliphatic rings. The smallest absolute Gasteiger partial charge is 0.233 e. The van der Waals surface area contributed by atoms with Gasteiger partial charge in [0.05, 0.1) is 21.7 Å². The Morgan fingerprint density at radius 3 is 2.45 bits per heavy atom. The summed E-state index contributed by atoms with van der Waals surface area (Å²) in [4.78, 5) is 19.1. The van der Waals surface area contributed by atoms with Gasteiger partial charge in [-0.25, -0.2) is 4.98 Å². The van der Waals surface area contributed by atoms with Crippen LogP contribution in [-0.4, -0.2) is 49.4 Å². The fraction of sp³-hybridized carbons (Fsp3) is 0.167. The average molecular weight is 494 g/mol. The summed E-state index contributed by atoms with van der Waals surface area (Å²) in [5.74, 6) is 1.70. The lowest BCUT2D eigenvalue weighted by molar-refractivity contribution is -0.127. The van der Waals surface area contributed by atoms with E-state index in [1.807, 2.05) is 53.1 Å². The number of carbonyl (C=O) groups excluding carboxylic acids is 1. The van der Waals surface area contributed by atoms with Crippen molar-refractivity contribution in [2.75, 3.05) is 18.8 Å². The molecule has 0 unspecified atom stereocenters. The van der Waals surface area contributed by atoms with Gasteiger partial charge in [-0.2, -0.15) is 0 Å². The second-order valence-electron chi connectivity index (χ2n) is 6.97. The number of rotatable bonds is 11. The van der Waals surface area contributed by atoms with Gasteiger partial charge in [-0.3, -0.25) is 9.36 Å². The highest BCUT2D eigenvalue weighted by Crippen LogP contribution is 2.32. The maximum absolute atomic E-state index is 12.7. The minimum Gasteiger partial charge on any atom is -0.335 e. The number of amides is 1. The Morgan fingerprint density at radius 2 is 1.73 bits per heavy atom. The third-order valence-electron chi connectivity index (χ3n) is 4.69. The van der Waals surface area contributed by atoms with Crippen molar-refractivity contribution in [3.63, 3.8) is 0 Å². The number of hydrogen-bond donors (Lipinski definition) is 0. The number of carbonyl (C=O) groups is 1. The summed E-state index contributed by atoms with van der Waals surface area (Å²) in [6, 6.07) is 18.1. The summed E-state index contributed by atoms with van der Waals surface area (Å²) < 4.78 is 4.18. The van der Waals surface area contributed by atoms with Crippen molar-refractivity contribution in [1.29, 1.82) is 0 Å². The molecule has 33 heavy (non-hydrogen) atoms. The van der Waals surface area contributed by atoms with E-state index in [2.05, 4.69) is 29.4 Å². The number of fused-ring (bicyclic) bond motifs is 1. The van der Waals surface area contributed by atoms with Gasteiger partial charge >= 0.3 is 0 Å². The van der Waals surface area contributed by atoms with Gasteiger partial charge in [-0.05, 0) is 24.3 Å². The van der Waals surface area contributed by atoms with Crippen LogP contribution in [0.1, 0.15) is 5.82 Å². The highest BCUT2D eigenvalue weighted by Gasteiger charge is 2.18. The van der Waals surface area contributed by atoms with Gasteiger partial charge in [0.15, 0.2) is 9.50 Å². The average Bonchev–Trinajstić information content (AvgIpc) is 3.45. The first-order chi connectivity index (χ1) is 16.2. The third-order valence-corrected chi connectivity index (χ3v) is 7.78. The molecule has 0 fully saturated rings. The summed E-state index contributed by atoms with van der Waals surface area (Å²) in [5.41, 5.74) is 1.97. The van der Waals surface area contributed by atoms with Gasteiger partial charge in [0.1, 0.15) is 5.82 Å². The Hall–Kier alpha value is -2.88. The van der Waals surface area contributed by atoms with Crippen LogP contribution >= 0.6 is 34.9 Å². The zero-order valence-electron chi connectivity index (χ0n) is 18.0. The van der Waals surface area contributed by atoms with Crippen LogP contribution < -0.4 is 0 Å². The molecule has 0 saturated heterocycles. The van der Waals surface area contributed by atoms with E-state index < -0.39 is 0 Å². The number of benzene rings is 2. The molecule has 0 saturated carbocycles. The topological polar surface area (TPSA) is 63.9 Å². The van der Waals surface area contributed by atoms with Gasteiger partial charge in [0.25, 0.3) is 0 Å². The van der Waals surface area contributed by atoms with Crippen LogP contribution in [0, 0.1) is 0 Å². The van der Waals surface area contributed by atoms with Gasteiger partial charge in [-0.15, -0.1) is 34.7 Å². The quantitative estimate of drug-likeness (QED) is 0.204. The molecular formula is C24H23N5OS3. The largest absolute Gasteiger partial charge is 0.335 e. The van der Waals surface area contributed by atoms with Crippen molar-refractivity contribution in [2.45, 2.75) is 15.2 Å². The highest BCUT2D eigenvalue weighted by molar-refractivity contribution is 8.00. The molecule has 0 aliphatic carbocycles. The molecule has 2 heterocycles. The fourth-order valence-corrected chi connectivity index (χ4v) is 6.02. The maximum Gasteiger partial charge on any atom is 0.233 e. The van der Waals surface area contributed by atoms with Crippen LogP contribution in [0.5, 0.6) is 0 Å². The molecule has 0 radical (unpaired) electrons. The third kappa shape index (κ3) is 5.73. The molecule has 0 bridgehead atoms. The lowest BCUT2D eigenvalue weighted by atomic mass is 10.3. The minimum absolute atomic E-state index is 0.00723. The Labute approximate surface area is 205 Å². The van der Waals surface area contributed by atoms with Crippen molar-refractivity contribution < 1.29 is 4.79 Å². The molecule has 4 aromatic rings. The Balaban J connectivity index is 1.53. The predicted molar refractivity (Wildman–Crippen MR) is 138 cm³/mol. The monoisotopic (exact) mass is 493 g/mol. The van der Waals surface area contributed by atoms with Crippen LogP contribution in [0.25, 0.3) is 15.9 Å². The van der Waals surface area contributed by atoms with Crippen molar-refractivity contribution in [2.24, 2.45) is 0 Å². The fourth-order valence-electron chi connectivity index (χ4n) is 3.17. The zero-order valence-corrected chi connectivity index (χ0v) is 20.4. The molecule has 0 spiro atoms. The second kappa shape index (κ2) is 11.3. The molecular weight excluding hydrogens is 470 g/mol. The Morgan fingerprint density at radius 1 is 1.00 bits per heavy atom. The lowest BCUT2D eigenvalue weighted by Gasteiger charge is -2.19. The molecule has 1 amide bonds. The summed E-state index contributed by atoms with van der Waals surface area (Å²) in [5, 5.41) is 9.54. The lowest BCUT2D eigenvalue weighted by Crippen LogP contribution is -2.32. The molecule has 0 aliphatic heterocycles. The molecule has 2 aromatic heterocycles. The molecule has 9 heteroatoms. The van der Waals surface area contributed by atoms with Crippen LogP contribution in [0.2, 0.25) is 0 Å². The molecule has 4 rings (SSSR count). The van der Waals surface area contributed by atoms with Crippen LogP contribution in [-0.2, 0) is 10.5 Å². The van der Waals surface area contributed by atoms with Gasteiger partial charge in [-0.1, -0.05) is 66.0 Å². The van der Waals surface area contributed by atoms with E-state index in [0.29, 0.717) is 24.0 Å². The van der Waals surface area contributed by atoms with Crippen LogP contribution in [0.4, 0.5) is 0 Å². The van der Waals surface area contributed by atoms with E-state index >= 15 is 0 Å². The molecule has 0 N–H and O–H groups in total. The summed E-state index contributed by atoms with van der Waals surface area (Å²) in [7, 11) is 0. The number of nitrogens with zero attached hydrogens (tertiary/aromatic N) is 5. The van der Waals surface area contributed by atoms with E-state index in [-0.39, 0.29) is 11.7 Å². The SMILES string of the molecule is C=CCN(CC=C)C(=O)CSc1nnc(CSc2nc3ccccc3s2)n1-c1ccccc1. The summed E-state index contributed by atoms with van der Waals surface area (Å²) >= 11 is 4.70. The molecule has 168 valence electrons. The first-order valence-corrected chi connectivity index (χ1v) is 13.1. The number of thiazole rings is 1. The van der Waals surface area contributed by atoms with Crippen LogP contribution in [0.15, 0.2) is 89.4 Å². The molecule has 2 aromatic carbocycles. The van der Waals surface area contributed by atoms with Gasteiger partial charge in [0.2, 0.25) is 5.91 Å². The Bertz CT molecular complexity index is 1210. The van der Waals surface area contributed by atoms with E-state index in [9.17, 15) is 4.79 Å². The van der Waals surface area contributed by atoms with Gasteiger partial charge < -0.3 is 4.90 Å². The van der Waals surface area contributed by atoms with E-state index in [0.717, 1.165) is 21.4 Å². The van der Waals surface area contributed by atoms with Crippen LogP contribution in [0.3, 0.4) is 0 Å². The second-order valence-corrected chi connectivity index (χ2v) is 10.2. The van der Waals surface area contributed by atoms with Crippen molar-refractivity contribution in [3.8, 4) is 5.69 Å².